The molecule has 2 rings (SSSR count). The van der Waals surface area contributed by atoms with Crippen LogP contribution >= 0.6 is 23.4 Å². The van der Waals surface area contributed by atoms with Gasteiger partial charge in [0.05, 0.1) is 16.3 Å². The maximum Gasteiger partial charge on any atom is 0.337 e. The van der Waals surface area contributed by atoms with Crippen molar-refractivity contribution in [3.05, 3.63) is 59.1 Å². The molecule has 0 aliphatic heterocycles. The summed E-state index contributed by atoms with van der Waals surface area (Å²) in [4.78, 5) is 23.7. The minimum absolute atomic E-state index is 0.00771. The molecule has 0 bridgehead atoms. The molecule has 0 unspecified atom stereocenters. The number of benzene rings is 2. The number of carboxylic acids is 1. The summed E-state index contributed by atoms with van der Waals surface area (Å²) in [5, 5.41) is 11.6. The third-order valence-corrected chi connectivity index (χ3v) is 3.92. The highest BCUT2D eigenvalue weighted by Gasteiger charge is 2.10. The van der Waals surface area contributed by atoms with Crippen molar-refractivity contribution < 1.29 is 14.7 Å². The third-order valence-electron chi connectivity index (χ3n) is 2.60. The number of carboxylic acid groups (broad SMARTS) is 1. The minimum Gasteiger partial charge on any atom is -0.478 e. The minimum atomic E-state index is -1.10. The summed E-state index contributed by atoms with van der Waals surface area (Å²) in [6.07, 6.45) is 0. The van der Waals surface area contributed by atoms with Gasteiger partial charge in [-0.15, -0.1) is 11.8 Å². The molecule has 0 aliphatic carbocycles. The van der Waals surface area contributed by atoms with Crippen LogP contribution in [0.3, 0.4) is 0 Å². The second-order valence-electron chi connectivity index (χ2n) is 4.15. The summed E-state index contributed by atoms with van der Waals surface area (Å²) in [6.45, 7) is 0. The average molecular weight is 322 g/mol. The fourth-order valence-electron chi connectivity index (χ4n) is 1.63. The van der Waals surface area contributed by atoms with Crippen molar-refractivity contribution in [3.8, 4) is 0 Å². The van der Waals surface area contributed by atoms with E-state index >= 15 is 0 Å². The molecule has 0 aromatic heterocycles. The Balaban J connectivity index is 1.94. The van der Waals surface area contributed by atoms with Gasteiger partial charge >= 0.3 is 5.97 Å². The number of thioether (sulfide) groups is 1. The number of hydrogen-bond acceptors (Lipinski definition) is 3. The van der Waals surface area contributed by atoms with Crippen LogP contribution in [0.5, 0.6) is 0 Å². The Bertz CT molecular complexity index is 661. The van der Waals surface area contributed by atoms with Gasteiger partial charge < -0.3 is 10.4 Å². The van der Waals surface area contributed by atoms with Crippen LogP contribution in [0.25, 0.3) is 0 Å². The van der Waals surface area contributed by atoms with Crippen molar-refractivity contribution in [2.24, 2.45) is 0 Å². The number of carbonyl (C=O) groups excluding carboxylic acids is 1. The van der Waals surface area contributed by atoms with Gasteiger partial charge in [0.15, 0.2) is 0 Å². The fraction of sp³-hybridized carbons (Fsp3) is 0.0667. The van der Waals surface area contributed by atoms with Crippen LogP contribution in [0.4, 0.5) is 5.69 Å². The molecule has 0 heterocycles. The van der Waals surface area contributed by atoms with Gasteiger partial charge in [-0.25, -0.2) is 4.79 Å². The second kappa shape index (κ2) is 7.15. The lowest BCUT2D eigenvalue weighted by molar-refractivity contribution is -0.113. The van der Waals surface area contributed by atoms with E-state index in [0.29, 0.717) is 5.69 Å². The molecular formula is C15H12ClNO3S. The van der Waals surface area contributed by atoms with E-state index in [0.717, 1.165) is 4.90 Å². The number of carbonyl (C=O) groups is 2. The molecule has 0 spiro atoms. The van der Waals surface area contributed by atoms with E-state index in [9.17, 15) is 9.59 Å². The second-order valence-corrected chi connectivity index (χ2v) is 5.61. The van der Waals surface area contributed by atoms with Crippen molar-refractivity contribution >= 4 is 40.9 Å². The third kappa shape index (κ3) is 4.51. The lowest BCUT2D eigenvalue weighted by atomic mass is 10.2. The zero-order chi connectivity index (χ0) is 15.2. The number of rotatable bonds is 5. The van der Waals surface area contributed by atoms with Gasteiger partial charge in [0.25, 0.3) is 0 Å². The smallest absolute Gasteiger partial charge is 0.337 e. The fourth-order valence-corrected chi connectivity index (χ4v) is 2.61. The zero-order valence-electron chi connectivity index (χ0n) is 10.9. The largest absolute Gasteiger partial charge is 0.478 e. The first-order valence-electron chi connectivity index (χ1n) is 6.07. The predicted molar refractivity (Wildman–Crippen MR) is 84.2 cm³/mol. The maximum absolute atomic E-state index is 11.8. The highest BCUT2D eigenvalue weighted by atomic mass is 35.5. The van der Waals surface area contributed by atoms with Crippen molar-refractivity contribution in [2.75, 3.05) is 11.1 Å². The van der Waals surface area contributed by atoms with Crippen molar-refractivity contribution in [1.82, 2.24) is 0 Å². The van der Waals surface area contributed by atoms with E-state index in [4.69, 9.17) is 16.7 Å². The highest BCUT2D eigenvalue weighted by molar-refractivity contribution is 8.00. The van der Waals surface area contributed by atoms with Crippen LogP contribution in [-0.2, 0) is 4.79 Å². The van der Waals surface area contributed by atoms with Gasteiger partial charge in [0, 0.05) is 10.6 Å². The number of aromatic carboxylic acids is 1. The van der Waals surface area contributed by atoms with Gasteiger partial charge in [0.2, 0.25) is 5.91 Å². The molecule has 0 aliphatic rings. The Morgan fingerprint density at radius 3 is 2.48 bits per heavy atom. The number of hydrogen-bond donors (Lipinski definition) is 2. The molecule has 2 aromatic carbocycles. The summed E-state index contributed by atoms with van der Waals surface area (Å²) >= 11 is 7.26. The summed E-state index contributed by atoms with van der Waals surface area (Å²) in [6, 6.07) is 13.9. The van der Waals surface area contributed by atoms with E-state index in [1.807, 2.05) is 30.3 Å². The lowest BCUT2D eigenvalue weighted by Crippen LogP contribution is -2.14. The lowest BCUT2D eigenvalue weighted by Gasteiger charge is -2.07. The highest BCUT2D eigenvalue weighted by Crippen LogP contribution is 2.22. The molecule has 0 saturated carbocycles. The van der Waals surface area contributed by atoms with Gasteiger partial charge in [-0.2, -0.15) is 0 Å². The average Bonchev–Trinajstić information content (AvgIpc) is 2.46. The van der Waals surface area contributed by atoms with E-state index in [1.165, 1.54) is 30.0 Å². The number of halogens is 1. The van der Waals surface area contributed by atoms with Crippen LogP contribution in [0, 0.1) is 0 Å². The summed E-state index contributed by atoms with van der Waals surface area (Å²) in [7, 11) is 0. The SMILES string of the molecule is O=C(CSc1ccccc1)Nc1ccc(C(=O)O)c(Cl)c1. The molecule has 4 nitrogen and oxygen atoms in total. The quantitative estimate of drug-likeness (QED) is 0.823. The summed E-state index contributed by atoms with van der Waals surface area (Å²) in [5.74, 6) is -1.01. The standard InChI is InChI=1S/C15H12ClNO3S/c16-13-8-10(6-7-12(13)15(19)20)17-14(18)9-21-11-4-2-1-3-5-11/h1-8H,9H2,(H,17,18)(H,19,20). The maximum atomic E-state index is 11.8. The van der Waals surface area contributed by atoms with E-state index in [2.05, 4.69) is 5.32 Å². The molecule has 6 heteroatoms. The Morgan fingerprint density at radius 2 is 1.86 bits per heavy atom. The molecule has 2 N–H and O–H groups in total. The molecular weight excluding hydrogens is 310 g/mol. The number of amides is 1. The van der Waals surface area contributed by atoms with Gasteiger partial charge in [-0.1, -0.05) is 29.8 Å². The van der Waals surface area contributed by atoms with Gasteiger partial charge in [-0.3, -0.25) is 4.79 Å². The molecule has 0 fully saturated rings. The first-order valence-corrected chi connectivity index (χ1v) is 7.43. The Morgan fingerprint density at radius 1 is 1.14 bits per heavy atom. The predicted octanol–water partition coefficient (Wildman–Crippen LogP) is 3.77. The van der Waals surface area contributed by atoms with Crippen LogP contribution in [0.1, 0.15) is 10.4 Å². The van der Waals surface area contributed by atoms with E-state index < -0.39 is 5.97 Å². The monoisotopic (exact) mass is 321 g/mol. The summed E-state index contributed by atoms with van der Waals surface area (Å²) in [5.41, 5.74) is 0.483. The van der Waals surface area contributed by atoms with Crippen LogP contribution < -0.4 is 5.32 Å². The Labute approximate surface area is 131 Å². The molecule has 21 heavy (non-hydrogen) atoms. The van der Waals surface area contributed by atoms with Gasteiger partial charge in [0.1, 0.15) is 0 Å². The van der Waals surface area contributed by atoms with Crippen molar-refractivity contribution in [2.45, 2.75) is 4.90 Å². The van der Waals surface area contributed by atoms with Crippen molar-refractivity contribution in [1.29, 1.82) is 0 Å². The molecule has 108 valence electrons. The molecule has 0 radical (unpaired) electrons. The normalized spacial score (nSPS) is 10.1. The molecule has 0 atom stereocenters. The Hall–Kier alpha value is -1.98. The van der Waals surface area contributed by atoms with Crippen LogP contribution in [0.2, 0.25) is 5.02 Å². The van der Waals surface area contributed by atoms with E-state index in [1.54, 1.807) is 0 Å². The number of nitrogens with one attached hydrogen (secondary N) is 1. The molecule has 0 saturated heterocycles. The number of anilines is 1. The van der Waals surface area contributed by atoms with Crippen LogP contribution in [-0.4, -0.2) is 22.7 Å². The van der Waals surface area contributed by atoms with Gasteiger partial charge in [-0.05, 0) is 30.3 Å². The van der Waals surface area contributed by atoms with E-state index in [-0.39, 0.29) is 22.2 Å². The molecule has 1 amide bonds. The molecule has 2 aromatic rings. The topological polar surface area (TPSA) is 66.4 Å². The first-order chi connectivity index (χ1) is 10.1. The first kappa shape index (κ1) is 15.4. The van der Waals surface area contributed by atoms with Crippen LogP contribution in [0.15, 0.2) is 53.4 Å². The van der Waals surface area contributed by atoms with Crippen molar-refractivity contribution in [3.63, 3.8) is 0 Å². The zero-order valence-corrected chi connectivity index (χ0v) is 12.4. The Kier molecular flexibility index (Phi) is 5.25. The summed E-state index contributed by atoms with van der Waals surface area (Å²) < 4.78 is 0.